The second kappa shape index (κ2) is 6.33. The molecule has 0 heterocycles. The Hall–Kier alpha value is -1.16. The van der Waals surface area contributed by atoms with Crippen LogP contribution in [-0.4, -0.2) is 23.5 Å². The molecule has 0 spiro atoms. The van der Waals surface area contributed by atoms with Gasteiger partial charge >= 0.3 is 0 Å². The van der Waals surface area contributed by atoms with Crippen LogP contribution in [-0.2, 0) is 4.79 Å². The van der Waals surface area contributed by atoms with E-state index in [1.54, 1.807) is 0 Å². The van der Waals surface area contributed by atoms with Crippen molar-refractivity contribution < 1.29 is 4.79 Å². The zero-order chi connectivity index (χ0) is 13.8. The lowest BCUT2D eigenvalue weighted by Gasteiger charge is -2.17. The van der Waals surface area contributed by atoms with E-state index in [4.69, 9.17) is 5.73 Å². The lowest BCUT2D eigenvalue weighted by molar-refractivity contribution is -0.122. The summed E-state index contributed by atoms with van der Waals surface area (Å²) in [4.78, 5) is 12.2. The summed E-state index contributed by atoms with van der Waals surface area (Å²) in [7, 11) is 0. The normalized spacial score (nSPS) is 24.1. The van der Waals surface area contributed by atoms with Crippen molar-refractivity contribution in [3.05, 3.63) is 29.8 Å². The minimum atomic E-state index is -0.142. The molecule has 0 aliphatic heterocycles. The number of nitrogen functional groups attached to an aromatic ring is 1. The average molecular weight is 278 g/mol. The fourth-order valence-electron chi connectivity index (χ4n) is 2.59. The Kier molecular flexibility index (Phi) is 4.75. The maximum Gasteiger partial charge on any atom is 0.227 e. The zero-order valence-corrected chi connectivity index (χ0v) is 12.4. The predicted molar refractivity (Wildman–Crippen MR) is 82.4 cm³/mol. The highest BCUT2D eigenvalue weighted by Gasteiger charge is 2.26. The van der Waals surface area contributed by atoms with Crippen molar-refractivity contribution in [2.75, 3.05) is 12.0 Å². The van der Waals surface area contributed by atoms with E-state index >= 15 is 0 Å². The minimum Gasteiger partial charge on any atom is -0.399 e. The van der Waals surface area contributed by atoms with E-state index in [-0.39, 0.29) is 11.8 Å². The van der Waals surface area contributed by atoms with E-state index in [1.807, 2.05) is 43.0 Å². The number of carbonyl (C=O) groups excluding carboxylic acids is 1. The number of amides is 1. The number of hydrogen-bond donors (Lipinski definition) is 2. The summed E-state index contributed by atoms with van der Waals surface area (Å²) in [6, 6.07) is 7.92. The van der Waals surface area contributed by atoms with Gasteiger partial charge in [0.05, 0.1) is 5.92 Å². The Morgan fingerprint density at radius 1 is 1.47 bits per heavy atom. The number of anilines is 1. The summed E-state index contributed by atoms with van der Waals surface area (Å²) in [6.07, 6.45) is 5.54. The van der Waals surface area contributed by atoms with Gasteiger partial charge in [0.2, 0.25) is 5.91 Å². The third-order valence-electron chi connectivity index (χ3n) is 3.87. The van der Waals surface area contributed by atoms with Gasteiger partial charge in [-0.05, 0) is 50.1 Å². The number of rotatable bonds is 4. The molecule has 1 aliphatic rings. The molecule has 0 saturated heterocycles. The fourth-order valence-corrected chi connectivity index (χ4v) is 3.39. The summed E-state index contributed by atoms with van der Waals surface area (Å²) in [6.45, 7) is 1.94. The highest BCUT2D eigenvalue weighted by molar-refractivity contribution is 7.99. The van der Waals surface area contributed by atoms with Gasteiger partial charge in [0, 0.05) is 17.0 Å². The van der Waals surface area contributed by atoms with Gasteiger partial charge in [0.15, 0.2) is 0 Å². The van der Waals surface area contributed by atoms with E-state index < -0.39 is 0 Å². The molecular weight excluding hydrogens is 256 g/mol. The van der Waals surface area contributed by atoms with Crippen LogP contribution >= 0.6 is 11.8 Å². The Labute approximate surface area is 119 Å². The maximum absolute atomic E-state index is 12.2. The molecule has 0 aromatic heterocycles. The molecule has 104 valence electrons. The Morgan fingerprint density at radius 3 is 2.89 bits per heavy atom. The third-order valence-corrected chi connectivity index (χ3v) is 4.96. The second-order valence-corrected chi connectivity index (χ2v) is 6.41. The summed E-state index contributed by atoms with van der Waals surface area (Å²) >= 11 is 1.90. The van der Waals surface area contributed by atoms with E-state index in [2.05, 4.69) is 11.6 Å². The first-order chi connectivity index (χ1) is 9.10. The van der Waals surface area contributed by atoms with Crippen molar-refractivity contribution in [1.82, 2.24) is 5.32 Å². The van der Waals surface area contributed by atoms with Gasteiger partial charge in [-0.1, -0.05) is 12.1 Å². The van der Waals surface area contributed by atoms with Crippen molar-refractivity contribution in [1.29, 1.82) is 0 Å². The van der Waals surface area contributed by atoms with E-state index in [0.29, 0.717) is 17.0 Å². The van der Waals surface area contributed by atoms with Gasteiger partial charge < -0.3 is 11.1 Å². The van der Waals surface area contributed by atoms with Gasteiger partial charge in [0.25, 0.3) is 0 Å². The largest absolute Gasteiger partial charge is 0.399 e. The first-order valence-corrected chi connectivity index (χ1v) is 8.07. The molecule has 19 heavy (non-hydrogen) atoms. The minimum absolute atomic E-state index is 0.109. The average Bonchev–Trinajstić information content (AvgIpc) is 2.85. The van der Waals surface area contributed by atoms with Crippen LogP contribution in [0.4, 0.5) is 5.69 Å². The van der Waals surface area contributed by atoms with Gasteiger partial charge in [-0.3, -0.25) is 4.79 Å². The SMILES string of the molecule is CSC1CCC(NC(=O)C(C)c2cccc(N)c2)C1. The second-order valence-electron chi connectivity index (χ2n) is 5.27. The molecule has 3 atom stereocenters. The van der Waals surface area contributed by atoms with Crippen molar-refractivity contribution in [2.45, 2.75) is 43.4 Å². The molecule has 1 aromatic carbocycles. The van der Waals surface area contributed by atoms with Gasteiger partial charge in [-0.15, -0.1) is 0 Å². The van der Waals surface area contributed by atoms with Crippen molar-refractivity contribution in [3.63, 3.8) is 0 Å². The van der Waals surface area contributed by atoms with Crippen LogP contribution in [0.25, 0.3) is 0 Å². The van der Waals surface area contributed by atoms with Crippen LogP contribution in [0.1, 0.15) is 37.7 Å². The van der Waals surface area contributed by atoms with Crippen LogP contribution in [0.3, 0.4) is 0 Å². The predicted octanol–water partition coefficient (Wildman–Crippen LogP) is 2.77. The van der Waals surface area contributed by atoms with Crippen molar-refractivity contribution in [2.24, 2.45) is 0 Å². The first-order valence-electron chi connectivity index (χ1n) is 6.78. The molecule has 1 amide bonds. The molecule has 2 rings (SSSR count). The van der Waals surface area contributed by atoms with Crippen LogP contribution < -0.4 is 11.1 Å². The molecule has 1 saturated carbocycles. The molecule has 0 radical (unpaired) electrons. The quantitative estimate of drug-likeness (QED) is 0.833. The zero-order valence-electron chi connectivity index (χ0n) is 11.6. The van der Waals surface area contributed by atoms with Gasteiger partial charge in [0.1, 0.15) is 0 Å². The number of nitrogens with one attached hydrogen (secondary N) is 1. The summed E-state index contributed by atoms with van der Waals surface area (Å²) in [5.41, 5.74) is 7.45. The molecule has 4 heteroatoms. The standard InChI is InChI=1S/C15H22N2OS/c1-10(11-4-3-5-12(16)8-11)15(18)17-13-6-7-14(9-13)19-2/h3-5,8,10,13-14H,6-7,9,16H2,1-2H3,(H,17,18). The van der Waals surface area contributed by atoms with Crippen molar-refractivity contribution >= 4 is 23.4 Å². The smallest absolute Gasteiger partial charge is 0.227 e. The molecule has 1 fully saturated rings. The first kappa shape index (κ1) is 14.3. The summed E-state index contributed by atoms with van der Waals surface area (Å²) < 4.78 is 0. The van der Waals surface area contributed by atoms with Gasteiger partial charge in [-0.2, -0.15) is 11.8 Å². The number of nitrogens with two attached hydrogens (primary N) is 1. The number of thioether (sulfide) groups is 1. The number of hydrogen-bond acceptors (Lipinski definition) is 3. The molecule has 1 aromatic rings. The molecule has 3 nitrogen and oxygen atoms in total. The Bertz CT molecular complexity index is 450. The fraction of sp³-hybridized carbons (Fsp3) is 0.533. The van der Waals surface area contributed by atoms with E-state index in [0.717, 1.165) is 18.4 Å². The van der Waals surface area contributed by atoms with E-state index in [1.165, 1.54) is 6.42 Å². The molecule has 3 N–H and O–H groups in total. The maximum atomic E-state index is 12.2. The highest BCUT2D eigenvalue weighted by atomic mass is 32.2. The van der Waals surface area contributed by atoms with Crippen LogP contribution in [0.5, 0.6) is 0 Å². The lowest BCUT2D eigenvalue weighted by atomic mass is 9.99. The summed E-state index contributed by atoms with van der Waals surface area (Å²) in [5, 5.41) is 3.87. The molecule has 1 aliphatic carbocycles. The number of carbonyl (C=O) groups is 1. The van der Waals surface area contributed by atoms with Crippen LogP contribution in [0.2, 0.25) is 0 Å². The Balaban J connectivity index is 1.93. The molecule has 0 bridgehead atoms. The molecular formula is C15H22N2OS. The summed E-state index contributed by atoms with van der Waals surface area (Å²) in [5.74, 6) is -0.0332. The van der Waals surface area contributed by atoms with Crippen molar-refractivity contribution in [3.8, 4) is 0 Å². The third kappa shape index (κ3) is 3.66. The van der Waals surface area contributed by atoms with Gasteiger partial charge in [-0.25, -0.2) is 0 Å². The Morgan fingerprint density at radius 2 is 2.26 bits per heavy atom. The monoisotopic (exact) mass is 278 g/mol. The van der Waals surface area contributed by atoms with Crippen LogP contribution in [0.15, 0.2) is 24.3 Å². The highest BCUT2D eigenvalue weighted by Crippen LogP contribution is 2.28. The number of benzene rings is 1. The molecule has 3 unspecified atom stereocenters. The lowest BCUT2D eigenvalue weighted by Crippen LogP contribution is -2.36. The topological polar surface area (TPSA) is 55.1 Å². The van der Waals surface area contributed by atoms with Crippen LogP contribution in [0, 0.1) is 0 Å². The van der Waals surface area contributed by atoms with E-state index in [9.17, 15) is 4.79 Å².